The molecule has 4 nitrogen and oxygen atoms in total. The minimum atomic E-state index is -0.841. The van der Waals surface area contributed by atoms with Crippen molar-refractivity contribution in [2.24, 2.45) is 0 Å². The number of carbonyl (C=O) groups is 2. The van der Waals surface area contributed by atoms with E-state index in [-0.39, 0.29) is 5.78 Å². The zero-order valence-corrected chi connectivity index (χ0v) is 12.1. The Morgan fingerprint density at radius 2 is 1.68 bits per heavy atom. The van der Waals surface area contributed by atoms with Gasteiger partial charge in [-0.25, -0.2) is 4.79 Å². The maximum Gasteiger partial charge on any atom is 0.338 e. The van der Waals surface area contributed by atoms with Crippen LogP contribution in [0.5, 0.6) is 0 Å². The highest BCUT2D eigenvalue weighted by Crippen LogP contribution is 2.20. The van der Waals surface area contributed by atoms with Gasteiger partial charge in [-0.3, -0.25) is 4.79 Å². The van der Waals surface area contributed by atoms with Gasteiger partial charge in [0, 0.05) is 22.7 Å². The van der Waals surface area contributed by atoms with Crippen molar-refractivity contribution < 1.29 is 14.3 Å². The van der Waals surface area contributed by atoms with Crippen LogP contribution in [0.25, 0.3) is 10.9 Å². The zero-order valence-electron chi connectivity index (χ0n) is 12.1. The first-order valence-corrected chi connectivity index (χ1v) is 7.03. The highest BCUT2D eigenvalue weighted by molar-refractivity contribution is 6.10. The van der Waals surface area contributed by atoms with Crippen molar-refractivity contribution in [2.75, 3.05) is 0 Å². The van der Waals surface area contributed by atoms with Crippen LogP contribution in [0.1, 0.15) is 27.6 Å². The number of carbonyl (C=O) groups excluding carboxylic acids is 2. The molecule has 0 bridgehead atoms. The molecule has 0 saturated carbocycles. The third-order valence-electron chi connectivity index (χ3n) is 3.52. The number of fused-ring (bicyclic) bond motifs is 1. The summed E-state index contributed by atoms with van der Waals surface area (Å²) in [6.45, 7) is 1.59. The molecule has 2 aromatic carbocycles. The van der Waals surface area contributed by atoms with Gasteiger partial charge in [0.1, 0.15) is 0 Å². The average Bonchev–Trinajstić information content (AvgIpc) is 2.99. The third kappa shape index (κ3) is 2.63. The number of rotatable bonds is 4. The van der Waals surface area contributed by atoms with Gasteiger partial charge in [0.15, 0.2) is 6.10 Å². The molecule has 22 heavy (non-hydrogen) atoms. The van der Waals surface area contributed by atoms with Gasteiger partial charge in [0.25, 0.3) is 0 Å². The Balaban J connectivity index is 1.79. The van der Waals surface area contributed by atoms with E-state index in [9.17, 15) is 9.59 Å². The lowest BCUT2D eigenvalue weighted by molar-refractivity contribution is 0.0319. The fourth-order valence-corrected chi connectivity index (χ4v) is 2.35. The number of aromatic nitrogens is 1. The van der Waals surface area contributed by atoms with Crippen molar-refractivity contribution in [3.8, 4) is 0 Å². The molecular formula is C18H15NO3. The molecular weight excluding hydrogens is 278 g/mol. The molecule has 0 amide bonds. The Bertz CT molecular complexity index is 820. The topological polar surface area (TPSA) is 59.2 Å². The molecule has 4 heteroatoms. The Kier molecular flexibility index (Phi) is 3.74. The molecule has 3 rings (SSSR count). The SMILES string of the molecule is C[C@@H](OC(=O)c1ccccc1)C(=O)c1c[nH]c2ccccc12. The summed E-state index contributed by atoms with van der Waals surface area (Å²) in [5, 5.41) is 0.829. The summed E-state index contributed by atoms with van der Waals surface area (Å²) in [6.07, 6.45) is 0.812. The molecule has 0 radical (unpaired) electrons. The fourth-order valence-electron chi connectivity index (χ4n) is 2.35. The van der Waals surface area contributed by atoms with Crippen molar-refractivity contribution in [1.82, 2.24) is 4.98 Å². The normalized spacial score (nSPS) is 12.0. The van der Waals surface area contributed by atoms with Crippen LogP contribution in [0.3, 0.4) is 0 Å². The number of ketones is 1. The molecule has 1 atom stereocenters. The van der Waals surface area contributed by atoms with Gasteiger partial charge in [-0.05, 0) is 25.1 Å². The predicted octanol–water partition coefficient (Wildman–Crippen LogP) is 3.60. The number of hydrogen-bond donors (Lipinski definition) is 1. The lowest BCUT2D eigenvalue weighted by Crippen LogP contribution is -2.24. The second kappa shape index (κ2) is 5.85. The second-order valence-corrected chi connectivity index (χ2v) is 5.03. The van der Waals surface area contributed by atoms with E-state index in [2.05, 4.69) is 4.98 Å². The minimum absolute atomic E-state index is 0.221. The predicted molar refractivity (Wildman–Crippen MR) is 83.9 cm³/mol. The Hall–Kier alpha value is -2.88. The third-order valence-corrected chi connectivity index (χ3v) is 3.52. The van der Waals surface area contributed by atoms with Crippen molar-refractivity contribution in [2.45, 2.75) is 13.0 Å². The number of nitrogens with one attached hydrogen (secondary N) is 1. The maximum absolute atomic E-state index is 12.5. The number of benzene rings is 2. The number of H-pyrrole nitrogens is 1. The molecule has 0 aliphatic rings. The van der Waals surface area contributed by atoms with Crippen LogP contribution >= 0.6 is 0 Å². The van der Waals surface area contributed by atoms with Crippen LogP contribution in [0.15, 0.2) is 60.8 Å². The van der Waals surface area contributed by atoms with Gasteiger partial charge in [-0.15, -0.1) is 0 Å². The quantitative estimate of drug-likeness (QED) is 0.590. The smallest absolute Gasteiger partial charge is 0.338 e. The molecule has 0 unspecified atom stereocenters. The van der Waals surface area contributed by atoms with E-state index in [4.69, 9.17) is 4.74 Å². The van der Waals surface area contributed by atoms with Gasteiger partial charge >= 0.3 is 5.97 Å². The minimum Gasteiger partial charge on any atom is -0.451 e. The van der Waals surface area contributed by atoms with Crippen molar-refractivity contribution in [1.29, 1.82) is 0 Å². The molecule has 1 aromatic heterocycles. The largest absolute Gasteiger partial charge is 0.451 e. The molecule has 0 aliphatic heterocycles. The van der Waals surface area contributed by atoms with E-state index < -0.39 is 12.1 Å². The monoisotopic (exact) mass is 293 g/mol. The fraction of sp³-hybridized carbons (Fsp3) is 0.111. The van der Waals surface area contributed by atoms with Gasteiger partial charge in [-0.2, -0.15) is 0 Å². The molecule has 0 aliphatic carbocycles. The van der Waals surface area contributed by atoms with Crippen molar-refractivity contribution in [3.63, 3.8) is 0 Å². The first-order chi connectivity index (χ1) is 10.7. The van der Waals surface area contributed by atoms with E-state index in [0.29, 0.717) is 11.1 Å². The summed E-state index contributed by atoms with van der Waals surface area (Å²) in [6, 6.07) is 16.2. The van der Waals surface area contributed by atoms with E-state index >= 15 is 0 Å². The van der Waals surface area contributed by atoms with E-state index in [0.717, 1.165) is 10.9 Å². The Labute approximate surface area is 127 Å². The highest BCUT2D eigenvalue weighted by Gasteiger charge is 2.22. The summed E-state index contributed by atoms with van der Waals surface area (Å²) < 4.78 is 5.27. The number of esters is 1. The van der Waals surface area contributed by atoms with Gasteiger partial charge in [0.2, 0.25) is 5.78 Å². The van der Waals surface area contributed by atoms with E-state index in [1.54, 1.807) is 37.4 Å². The van der Waals surface area contributed by atoms with Crippen LogP contribution in [0.2, 0.25) is 0 Å². The maximum atomic E-state index is 12.5. The molecule has 0 saturated heterocycles. The first kappa shape index (κ1) is 14.1. The molecule has 1 heterocycles. The van der Waals surface area contributed by atoms with Gasteiger partial charge in [0.05, 0.1) is 5.56 Å². The molecule has 0 spiro atoms. The molecule has 110 valence electrons. The molecule has 3 aromatic rings. The van der Waals surface area contributed by atoms with Crippen LogP contribution < -0.4 is 0 Å². The summed E-state index contributed by atoms with van der Waals surface area (Å²) in [4.78, 5) is 27.5. The van der Waals surface area contributed by atoms with Crippen molar-refractivity contribution in [3.05, 3.63) is 71.9 Å². The summed E-state index contributed by atoms with van der Waals surface area (Å²) in [5.74, 6) is -0.719. The van der Waals surface area contributed by atoms with Crippen LogP contribution in [0.4, 0.5) is 0 Å². The number of para-hydroxylation sites is 1. The molecule has 1 N–H and O–H groups in total. The van der Waals surface area contributed by atoms with Gasteiger partial charge in [-0.1, -0.05) is 36.4 Å². The second-order valence-electron chi connectivity index (χ2n) is 5.03. The van der Waals surface area contributed by atoms with Crippen LogP contribution in [0, 0.1) is 0 Å². The zero-order chi connectivity index (χ0) is 15.5. The number of ether oxygens (including phenoxy) is 1. The summed E-state index contributed by atoms with van der Waals surface area (Å²) >= 11 is 0. The van der Waals surface area contributed by atoms with Gasteiger partial charge < -0.3 is 9.72 Å². The van der Waals surface area contributed by atoms with Crippen LogP contribution in [-0.2, 0) is 4.74 Å². The van der Waals surface area contributed by atoms with E-state index in [1.807, 2.05) is 30.3 Å². The summed E-state index contributed by atoms with van der Waals surface area (Å²) in [7, 11) is 0. The summed E-state index contributed by atoms with van der Waals surface area (Å²) in [5.41, 5.74) is 1.84. The van der Waals surface area contributed by atoms with Crippen molar-refractivity contribution >= 4 is 22.7 Å². The first-order valence-electron chi connectivity index (χ1n) is 7.03. The number of hydrogen-bond acceptors (Lipinski definition) is 3. The number of Topliss-reactive ketones (excluding diaryl/α,β-unsaturated/α-hetero) is 1. The lowest BCUT2D eigenvalue weighted by atomic mass is 10.1. The number of aromatic amines is 1. The Morgan fingerprint density at radius 3 is 2.45 bits per heavy atom. The van der Waals surface area contributed by atoms with E-state index in [1.165, 1.54) is 0 Å². The lowest BCUT2D eigenvalue weighted by Gasteiger charge is -2.11. The van der Waals surface area contributed by atoms with Crippen LogP contribution in [-0.4, -0.2) is 22.8 Å². The standard InChI is InChI=1S/C18H15NO3/c1-12(22-18(21)13-7-3-2-4-8-13)17(20)15-11-19-16-10-6-5-9-14(15)16/h2-12,19H,1H3/t12-/m1/s1. The average molecular weight is 293 g/mol. The molecule has 0 fully saturated rings. The highest BCUT2D eigenvalue weighted by atomic mass is 16.5. The Morgan fingerprint density at radius 1 is 1.00 bits per heavy atom.